The Kier molecular flexibility index (Phi) is 2.97. The molecule has 1 aliphatic heterocycles. The van der Waals surface area contributed by atoms with Crippen LogP contribution in [0, 0.1) is 4.77 Å². The fourth-order valence-electron chi connectivity index (χ4n) is 2.33. The first-order valence-corrected chi connectivity index (χ1v) is 6.39. The summed E-state index contributed by atoms with van der Waals surface area (Å²) in [6.45, 7) is 2.87. The van der Waals surface area contributed by atoms with Crippen LogP contribution in [0.4, 0.5) is 0 Å². The molecule has 0 amide bonds. The fourth-order valence-corrected chi connectivity index (χ4v) is 2.50. The third-order valence-electron chi connectivity index (χ3n) is 3.36. The number of hydrogen-bond donors (Lipinski definition) is 1. The first-order valence-electron chi connectivity index (χ1n) is 5.98. The summed E-state index contributed by atoms with van der Waals surface area (Å²) in [5, 5.41) is 4.20. The summed E-state index contributed by atoms with van der Waals surface area (Å²) in [6.07, 6.45) is 4.73. The Balaban J connectivity index is 1.77. The van der Waals surface area contributed by atoms with Crippen molar-refractivity contribution in [3.05, 3.63) is 40.2 Å². The van der Waals surface area contributed by atoms with E-state index in [1.165, 1.54) is 17.0 Å². The summed E-state index contributed by atoms with van der Waals surface area (Å²) >= 11 is 5.05. The van der Waals surface area contributed by atoms with Crippen molar-refractivity contribution in [1.82, 2.24) is 24.6 Å². The second kappa shape index (κ2) is 4.62. The molecule has 0 saturated carbocycles. The minimum Gasteiger partial charge on any atom is -0.334 e. The van der Waals surface area contributed by atoms with Crippen LogP contribution >= 0.6 is 12.2 Å². The van der Waals surface area contributed by atoms with Gasteiger partial charge < -0.3 is 4.98 Å². The van der Waals surface area contributed by atoms with Crippen molar-refractivity contribution < 1.29 is 0 Å². The normalized spacial score (nSPS) is 15.6. The topological polar surface area (TPSA) is 49.7 Å². The third kappa shape index (κ3) is 2.21. The molecule has 0 radical (unpaired) electrons. The molecule has 2 aromatic heterocycles. The molecule has 18 heavy (non-hydrogen) atoms. The number of nitrogens with zero attached hydrogens (tertiary/aromatic N) is 4. The lowest BCUT2D eigenvalue weighted by molar-refractivity contribution is 0.236. The number of hydrogen-bond acceptors (Lipinski definition) is 4. The molecule has 0 aromatic carbocycles. The third-order valence-corrected chi connectivity index (χ3v) is 3.57. The molecule has 0 saturated heterocycles. The van der Waals surface area contributed by atoms with Crippen molar-refractivity contribution in [1.29, 1.82) is 0 Å². The van der Waals surface area contributed by atoms with Crippen LogP contribution in [0.15, 0.2) is 18.5 Å². The quantitative estimate of drug-likeness (QED) is 0.831. The molecule has 0 unspecified atom stereocenters. The minimum atomic E-state index is 0.578. The lowest BCUT2D eigenvalue weighted by Gasteiger charge is -2.27. The molecule has 94 valence electrons. The zero-order valence-electron chi connectivity index (χ0n) is 10.3. The Morgan fingerprint density at radius 2 is 2.39 bits per heavy atom. The predicted octanol–water partition coefficient (Wildman–Crippen LogP) is 1.43. The zero-order valence-corrected chi connectivity index (χ0v) is 11.1. The molecule has 6 heteroatoms. The minimum absolute atomic E-state index is 0.578. The SMILES string of the molecule is Cn1nccc1CN1CCc2[nH]c(=S)ncc2C1. The predicted molar refractivity (Wildman–Crippen MR) is 70.4 cm³/mol. The van der Waals surface area contributed by atoms with Crippen LogP contribution < -0.4 is 0 Å². The Bertz CT molecular complexity index is 615. The largest absolute Gasteiger partial charge is 0.334 e. The van der Waals surface area contributed by atoms with Crippen molar-refractivity contribution in [2.45, 2.75) is 19.5 Å². The molecular formula is C12H15N5S. The van der Waals surface area contributed by atoms with Crippen molar-refractivity contribution in [3.63, 3.8) is 0 Å². The number of aromatic nitrogens is 4. The lowest BCUT2D eigenvalue weighted by atomic mass is 10.1. The van der Waals surface area contributed by atoms with Gasteiger partial charge in [-0.25, -0.2) is 4.98 Å². The molecule has 0 atom stereocenters. The average Bonchev–Trinajstić information content (AvgIpc) is 2.75. The van der Waals surface area contributed by atoms with E-state index in [-0.39, 0.29) is 0 Å². The van der Waals surface area contributed by atoms with Crippen LogP contribution in [0.1, 0.15) is 17.0 Å². The standard InChI is InChI=1S/C12H15N5S/c1-16-10(2-4-14-16)8-17-5-3-11-9(7-17)6-13-12(18)15-11/h2,4,6H,3,5,7-8H2,1H3,(H,13,15,18). The lowest BCUT2D eigenvalue weighted by Crippen LogP contribution is -2.31. The fraction of sp³-hybridized carbons (Fsp3) is 0.417. The smallest absolute Gasteiger partial charge is 0.196 e. The van der Waals surface area contributed by atoms with Gasteiger partial charge in [0.2, 0.25) is 0 Å². The van der Waals surface area contributed by atoms with Crippen LogP contribution in [0.5, 0.6) is 0 Å². The number of nitrogens with one attached hydrogen (secondary N) is 1. The van der Waals surface area contributed by atoms with E-state index in [9.17, 15) is 0 Å². The van der Waals surface area contributed by atoms with E-state index in [1.807, 2.05) is 24.1 Å². The van der Waals surface area contributed by atoms with E-state index in [0.29, 0.717) is 4.77 Å². The summed E-state index contributed by atoms with van der Waals surface area (Å²) in [7, 11) is 1.98. The van der Waals surface area contributed by atoms with E-state index in [4.69, 9.17) is 12.2 Å². The number of H-pyrrole nitrogens is 1. The van der Waals surface area contributed by atoms with Gasteiger partial charge in [0.25, 0.3) is 0 Å². The van der Waals surface area contributed by atoms with Gasteiger partial charge in [-0.1, -0.05) is 0 Å². The van der Waals surface area contributed by atoms with Crippen LogP contribution in [-0.2, 0) is 26.6 Å². The summed E-state index contributed by atoms with van der Waals surface area (Å²) in [5.74, 6) is 0. The van der Waals surface area contributed by atoms with E-state index in [0.717, 1.165) is 26.1 Å². The molecule has 2 aromatic rings. The monoisotopic (exact) mass is 261 g/mol. The van der Waals surface area contributed by atoms with Crippen LogP contribution in [0.2, 0.25) is 0 Å². The highest BCUT2D eigenvalue weighted by molar-refractivity contribution is 7.71. The zero-order chi connectivity index (χ0) is 12.5. The Morgan fingerprint density at radius 1 is 1.50 bits per heavy atom. The molecule has 0 spiro atoms. The molecule has 0 aliphatic carbocycles. The van der Waals surface area contributed by atoms with E-state index in [1.54, 1.807) is 0 Å². The van der Waals surface area contributed by atoms with E-state index < -0.39 is 0 Å². The van der Waals surface area contributed by atoms with Crippen LogP contribution in [0.3, 0.4) is 0 Å². The second-order valence-electron chi connectivity index (χ2n) is 4.60. The highest BCUT2D eigenvalue weighted by Gasteiger charge is 2.17. The molecule has 0 bridgehead atoms. The maximum atomic E-state index is 5.05. The summed E-state index contributed by atoms with van der Waals surface area (Å²) < 4.78 is 2.50. The van der Waals surface area contributed by atoms with Gasteiger partial charge in [-0.15, -0.1) is 0 Å². The molecule has 1 N–H and O–H groups in total. The van der Waals surface area contributed by atoms with Crippen molar-refractivity contribution in [3.8, 4) is 0 Å². The van der Waals surface area contributed by atoms with Gasteiger partial charge in [-0.3, -0.25) is 9.58 Å². The second-order valence-corrected chi connectivity index (χ2v) is 4.99. The molecule has 1 aliphatic rings. The van der Waals surface area contributed by atoms with Gasteiger partial charge in [0.05, 0.1) is 5.69 Å². The van der Waals surface area contributed by atoms with Gasteiger partial charge in [0, 0.05) is 56.8 Å². The maximum absolute atomic E-state index is 5.05. The summed E-state index contributed by atoms with van der Waals surface area (Å²) in [4.78, 5) is 9.74. The average molecular weight is 261 g/mol. The number of fused-ring (bicyclic) bond motifs is 1. The Labute approximate surface area is 110 Å². The first-order chi connectivity index (χ1) is 8.72. The van der Waals surface area contributed by atoms with Gasteiger partial charge in [-0.2, -0.15) is 5.10 Å². The van der Waals surface area contributed by atoms with Crippen molar-refractivity contribution >= 4 is 12.2 Å². The van der Waals surface area contributed by atoms with Gasteiger partial charge in [0.1, 0.15) is 0 Å². The number of aryl methyl sites for hydroxylation is 1. The molecular weight excluding hydrogens is 246 g/mol. The Hall–Kier alpha value is -1.53. The van der Waals surface area contributed by atoms with Gasteiger partial charge >= 0.3 is 0 Å². The van der Waals surface area contributed by atoms with E-state index in [2.05, 4.69) is 26.0 Å². The molecule has 3 rings (SSSR count). The van der Waals surface area contributed by atoms with Crippen molar-refractivity contribution in [2.75, 3.05) is 6.54 Å². The summed E-state index contributed by atoms with van der Waals surface area (Å²) in [6, 6.07) is 2.06. The maximum Gasteiger partial charge on any atom is 0.196 e. The number of aromatic amines is 1. The van der Waals surface area contributed by atoms with Crippen LogP contribution in [0.25, 0.3) is 0 Å². The molecule has 5 nitrogen and oxygen atoms in total. The van der Waals surface area contributed by atoms with Gasteiger partial charge in [0.15, 0.2) is 4.77 Å². The summed E-state index contributed by atoms with van der Waals surface area (Å²) in [5.41, 5.74) is 3.71. The number of rotatable bonds is 2. The first kappa shape index (κ1) is 11.6. The van der Waals surface area contributed by atoms with Gasteiger partial charge in [-0.05, 0) is 18.3 Å². The van der Waals surface area contributed by atoms with E-state index >= 15 is 0 Å². The van der Waals surface area contributed by atoms with Crippen LogP contribution in [-0.4, -0.2) is 31.2 Å². The molecule has 0 fully saturated rings. The highest BCUT2D eigenvalue weighted by atomic mass is 32.1. The molecule has 3 heterocycles. The Morgan fingerprint density at radius 3 is 3.17 bits per heavy atom. The van der Waals surface area contributed by atoms with Crippen molar-refractivity contribution in [2.24, 2.45) is 7.05 Å². The highest BCUT2D eigenvalue weighted by Crippen LogP contribution is 2.17.